The summed E-state index contributed by atoms with van der Waals surface area (Å²) in [5.74, 6) is -0.0154. The molecule has 0 atom stereocenters. The number of amides is 1. The number of nitrogens with zero attached hydrogens (tertiary/aromatic N) is 2. The van der Waals surface area contributed by atoms with Crippen molar-refractivity contribution < 1.29 is 9.53 Å². The number of carbonyl (C=O) groups is 1. The van der Waals surface area contributed by atoms with E-state index in [1.165, 1.54) is 42.2 Å². The molecule has 0 spiro atoms. The average molecular weight is 344 g/mol. The molecule has 0 N–H and O–H groups in total. The molecule has 1 aliphatic heterocycles. The molecule has 4 nitrogen and oxygen atoms in total. The third kappa shape index (κ3) is 5.60. The maximum atomic E-state index is 12.1. The zero-order chi connectivity index (χ0) is 18.1. The van der Waals surface area contributed by atoms with E-state index >= 15 is 0 Å². The fraction of sp³-hybridized carbons (Fsp3) is 0.571. The summed E-state index contributed by atoms with van der Waals surface area (Å²) in [7, 11) is 1.69. The number of unbranched alkanes of at least 4 members (excludes halogenated alkanes) is 1. The van der Waals surface area contributed by atoms with Crippen molar-refractivity contribution in [3.8, 4) is 0 Å². The van der Waals surface area contributed by atoms with Gasteiger partial charge in [-0.1, -0.05) is 32.1 Å². The number of rotatable bonds is 10. The second-order valence-electron chi connectivity index (χ2n) is 6.72. The first-order valence-electron chi connectivity index (χ1n) is 9.46. The van der Waals surface area contributed by atoms with Crippen LogP contribution in [0.3, 0.4) is 0 Å². The number of anilines is 1. The van der Waals surface area contributed by atoms with Crippen LogP contribution >= 0.6 is 0 Å². The van der Waals surface area contributed by atoms with E-state index in [-0.39, 0.29) is 5.91 Å². The first-order chi connectivity index (χ1) is 12.2. The van der Waals surface area contributed by atoms with Crippen molar-refractivity contribution >= 4 is 11.6 Å². The lowest BCUT2D eigenvalue weighted by atomic mass is 9.98. The van der Waals surface area contributed by atoms with Gasteiger partial charge >= 0.3 is 0 Å². The van der Waals surface area contributed by atoms with Crippen LogP contribution in [0.25, 0.3) is 0 Å². The lowest BCUT2D eigenvalue weighted by Crippen LogP contribution is -2.32. The third-order valence-electron chi connectivity index (χ3n) is 4.78. The molecule has 0 fully saturated rings. The molecule has 2 rings (SSSR count). The van der Waals surface area contributed by atoms with Crippen molar-refractivity contribution in [2.45, 2.75) is 45.6 Å². The maximum absolute atomic E-state index is 12.1. The van der Waals surface area contributed by atoms with Crippen LogP contribution in [-0.4, -0.2) is 44.2 Å². The summed E-state index contributed by atoms with van der Waals surface area (Å²) in [5.41, 5.74) is 4.00. The van der Waals surface area contributed by atoms with Crippen molar-refractivity contribution in [3.05, 3.63) is 42.0 Å². The Bertz CT molecular complexity index is 571. The third-order valence-corrected chi connectivity index (χ3v) is 4.78. The minimum atomic E-state index is -0.0154. The van der Waals surface area contributed by atoms with Crippen LogP contribution in [0.2, 0.25) is 0 Å². The normalized spacial score (nSPS) is 13.4. The summed E-state index contributed by atoms with van der Waals surface area (Å²) >= 11 is 0. The van der Waals surface area contributed by atoms with Crippen LogP contribution in [0.4, 0.5) is 5.69 Å². The molecule has 0 radical (unpaired) electrons. The predicted molar refractivity (Wildman–Crippen MR) is 104 cm³/mol. The lowest BCUT2D eigenvalue weighted by Gasteiger charge is -2.32. The van der Waals surface area contributed by atoms with Crippen LogP contribution in [0.15, 0.2) is 30.9 Å². The Hall–Kier alpha value is -1.81. The van der Waals surface area contributed by atoms with Crippen LogP contribution < -0.4 is 4.90 Å². The number of hydrogen-bond donors (Lipinski definition) is 0. The summed E-state index contributed by atoms with van der Waals surface area (Å²) in [6.45, 7) is 10.2. The molecule has 1 heterocycles. The molecule has 0 aliphatic carbocycles. The molecular formula is C21H32N2O2. The van der Waals surface area contributed by atoms with E-state index in [1.54, 1.807) is 7.11 Å². The standard InChI is InChI=1S/C21H32N2O2/c1-4-6-12-22-13-7-9-19-16-18(10-11-20(19)22)17-23(21(24)5-2)14-8-15-25-3/h5,10-11,16H,2,4,6-9,12-15,17H2,1,3H3. The topological polar surface area (TPSA) is 32.8 Å². The Morgan fingerprint density at radius 1 is 1.40 bits per heavy atom. The highest BCUT2D eigenvalue weighted by Gasteiger charge is 2.18. The van der Waals surface area contributed by atoms with Crippen molar-refractivity contribution in [2.24, 2.45) is 0 Å². The number of hydrogen-bond acceptors (Lipinski definition) is 3. The fourth-order valence-electron chi connectivity index (χ4n) is 3.42. The number of carbonyl (C=O) groups excluding carboxylic acids is 1. The van der Waals surface area contributed by atoms with Gasteiger partial charge in [0.05, 0.1) is 0 Å². The Labute approximate surface area is 152 Å². The quantitative estimate of drug-likeness (QED) is 0.478. The average Bonchev–Trinajstić information content (AvgIpc) is 2.64. The molecule has 1 aromatic carbocycles. The van der Waals surface area contributed by atoms with Gasteiger partial charge in [-0.2, -0.15) is 0 Å². The SMILES string of the molecule is C=CC(=O)N(CCCOC)Cc1ccc2c(c1)CCCN2CCCC. The summed E-state index contributed by atoms with van der Waals surface area (Å²) < 4.78 is 5.10. The number of ether oxygens (including phenoxy) is 1. The number of benzene rings is 1. The number of aryl methyl sites for hydroxylation is 1. The molecular weight excluding hydrogens is 312 g/mol. The first-order valence-corrected chi connectivity index (χ1v) is 9.46. The Morgan fingerprint density at radius 3 is 2.96 bits per heavy atom. The van der Waals surface area contributed by atoms with E-state index in [0.717, 1.165) is 25.9 Å². The number of fused-ring (bicyclic) bond motifs is 1. The second kappa shape index (κ2) is 10.2. The van der Waals surface area contributed by atoms with E-state index in [2.05, 4.69) is 36.6 Å². The zero-order valence-corrected chi connectivity index (χ0v) is 15.8. The molecule has 1 aliphatic rings. The number of methoxy groups -OCH3 is 1. The molecule has 138 valence electrons. The molecule has 0 saturated carbocycles. The maximum Gasteiger partial charge on any atom is 0.246 e. The minimum Gasteiger partial charge on any atom is -0.385 e. The predicted octanol–water partition coefficient (Wildman–Crippen LogP) is 3.79. The molecule has 25 heavy (non-hydrogen) atoms. The molecule has 1 amide bonds. The van der Waals surface area contributed by atoms with E-state index in [9.17, 15) is 4.79 Å². The molecule has 0 saturated heterocycles. The smallest absolute Gasteiger partial charge is 0.246 e. The molecule has 1 aromatic rings. The van der Waals surface area contributed by atoms with Crippen LogP contribution in [0.1, 0.15) is 43.7 Å². The van der Waals surface area contributed by atoms with Gasteiger partial charge in [-0.25, -0.2) is 0 Å². The van der Waals surface area contributed by atoms with Gasteiger partial charge in [0.15, 0.2) is 0 Å². The Balaban J connectivity index is 2.08. The van der Waals surface area contributed by atoms with E-state index in [0.29, 0.717) is 19.7 Å². The molecule has 0 aromatic heterocycles. The van der Waals surface area contributed by atoms with Crippen molar-refractivity contribution in [1.82, 2.24) is 4.90 Å². The summed E-state index contributed by atoms with van der Waals surface area (Å²) in [6, 6.07) is 6.70. The first kappa shape index (κ1) is 19.5. The van der Waals surface area contributed by atoms with Crippen molar-refractivity contribution in [3.63, 3.8) is 0 Å². The minimum absolute atomic E-state index is 0.0154. The van der Waals surface area contributed by atoms with Crippen molar-refractivity contribution in [1.29, 1.82) is 0 Å². The summed E-state index contributed by atoms with van der Waals surface area (Å²) in [5, 5.41) is 0. The molecule has 0 bridgehead atoms. The van der Waals surface area contributed by atoms with Crippen molar-refractivity contribution in [2.75, 3.05) is 38.3 Å². The van der Waals surface area contributed by atoms with Gasteiger partial charge in [-0.05, 0) is 49.0 Å². The van der Waals surface area contributed by atoms with E-state index in [4.69, 9.17) is 4.74 Å². The van der Waals surface area contributed by atoms with Gasteiger partial charge in [0.2, 0.25) is 5.91 Å². The largest absolute Gasteiger partial charge is 0.385 e. The summed E-state index contributed by atoms with van der Waals surface area (Å²) in [4.78, 5) is 16.5. The highest BCUT2D eigenvalue weighted by molar-refractivity contribution is 5.87. The zero-order valence-electron chi connectivity index (χ0n) is 15.8. The lowest BCUT2D eigenvalue weighted by molar-refractivity contribution is -0.126. The van der Waals surface area contributed by atoms with E-state index < -0.39 is 0 Å². The monoisotopic (exact) mass is 344 g/mol. The van der Waals surface area contributed by atoms with Gasteiger partial charge in [-0.15, -0.1) is 0 Å². The van der Waals surface area contributed by atoms with Crippen LogP contribution in [0, 0.1) is 0 Å². The van der Waals surface area contributed by atoms with Gasteiger partial charge in [0.25, 0.3) is 0 Å². The van der Waals surface area contributed by atoms with Gasteiger partial charge < -0.3 is 14.5 Å². The highest BCUT2D eigenvalue weighted by Crippen LogP contribution is 2.28. The van der Waals surface area contributed by atoms with Gasteiger partial charge in [-0.3, -0.25) is 4.79 Å². The summed E-state index contributed by atoms with van der Waals surface area (Å²) in [6.07, 6.45) is 7.05. The van der Waals surface area contributed by atoms with Gasteiger partial charge in [0, 0.05) is 45.6 Å². The fourth-order valence-corrected chi connectivity index (χ4v) is 3.42. The van der Waals surface area contributed by atoms with Crippen LogP contribution in [-0.2, 0) is 22.5 Å². The van der Waals surface area contributed by atoms with E-state index in [1.807, 2.05) is 4.90 Å². The second-order valence-corrected chi connectivity index (χ2v) is 6.72. The molecule has 0 unspecified atom stereocenters. The molecule has 4 heteroatoms. The van der Waals surface area contributed by atoms with Gasteiger partial charge in [0.1, 0.15) is 0 Å². The highest BCUT2D eigenvalue weighted by atomic mass is 16.5. The Kier molecular flexibility index (Phi) is 7.99. The van der Waals surface area contributed by atoms with Crippen LogP contribution in [0.5, 0.6) is 0 Å². The Morgan fingerprint density at radius 2 is 2.24 bits per heavy atom.